The Morgan fingerprint density at radius 1 is 1.29 bits per heavy atom. The summed E-state index contributed by atoms with van der Waals surface area (Å²) < 4.78 is 0. The van der Waals surface area contributed by atoms with E-state index in [0.717, 1.165) is 0 Å². The summed E-state index contributed by atoms with van der Waals surface area (Å²) in [5, 5.41) is 0. The number of nitrogen functional groups attached to an aromatic ring is 1. The zero-order valence-corrected chi connectivity index (χ0v) is 11.0. The first-order valence-electron chi connectivity index (χ1n) is 6.08. The van der Waals surface area contributed by atoms with E-state index in [9.17, 15) is 9.59 Å². The second-order valence-electron chi connectivity index (χ2n) is 4.25. The summed E-state index contributed by atoms with van der Waals surface area (Å²) in [7, 11) is 0. The van der Waals surface area contributed by atoms with E-state index in [4.69, 9.17) is 11.5 Å². The Bertz CT molecular complexity index is 627. The molecule has 110 valence electrons. The molecule has 0 saturated heterocycles. The maximum absolute atomic E-state index is 11.7. The largest absolute Gasteiger partial charge is 0.398 e. The number of hydrogen-bond acceptors (Lipinski definition) is 7. The van der Waals surface area contributed by atoms with Crippen LogP contribution < -0.4 is 11.5 Å². The van der Waals surface area contributed by atoms with E-state index in [1.807, 2.05) is 0 Å². The molecule has 0 aliphatic rings. The van der Waals surface area contributed by atoms with Gasteiger partial charge in [0, 0.05) is 24.0 Å². The van der Waals surface area contributed by atoms with Crippen LogP contribution in [0, 0.1) is 0 Å². The van der Waals surface area contributed by atoms with Gasteiger partial charge in [-0.05, 0) is 12.1 Å². The lowest BCUT2D eigenvalue weighted by molar-refractivity contribution is -0.235. The Labute approximate surface area is 120 Å². The lowest BCUT2D eigenvalue weighted by Gasteiger charge is -2.09. The van der Waals surface area contributed by atoms with Gasteiger partial charge in [0.15, 0.2) is 0 Å². The third-order valence-corrected chi connectivity index (χ3v) is 2.68. The van der Waals surface area contributed by atoms with Crippen LogP contribution in [0.4, 0.5) is 5.69 Å². The number of aromatic amines is 1. The van der Waals surface area contributed by atoms with Crippen LogP contribution in [-0.2, 0) is 21.0 Å². The average Bonchev–Trinajstić information content (AvgIpc) is 2.97. The number of nitrogens with two attached hydrogens (primary N) is 2. The number of nitrogens with one attached hydrogen (secondary N) is 1. The fourth-order valence-electron chi connectivity index (χ4n) is 1.59. The van der Waals surface area contributed by atoms with Gasteiger partial charge in [-0.2, -0.15) is 0 Å². The van der Waals surface area contributed by atoms with Crippen molar-refractivity contribution in [2.45, 2.75) is 12.5 Å². The number of hydrogen-bond donors (Lipinski definition) is 3. The van der Waals surface area contributed by atoms with E-state index < -0.39 is 18.0 Å². The van der Waals surface area contributed by atoms with E-state index in [-0.39, 0.29) is 17.7 Å². The van der Waals surface area contributed by atoms with Crippen LogP contribution in [0.25, 0.3) is 0 Å². The van der Waals surface area contributed by atoms with Crippen molar-refractivity contribution >= 4 is 17.6 Å². The van der Waals surface area contributed by atoms with E-state index in [1.165, 1.54) is 24.7 Å². The summed E-state index contributed by atoms with van der Waals surface area (Å²) in [5.41, 5.74) is 12.2. The molecule has 0 radical (unpaired) electrons. The van der Waals surface area contributed by atoms with Crippen LogP contribution in [0.3, 0.4) is 0 Å². The molecule has 0 aliphatic heterocycles. The predicted octanol–water partition coefficient (Wildman–Crippen LogP) is 0.177. The van der Waals surface area contributed by atoms with Crippen LogP contribution in [0.1, 0.15) is 16.1 Å². The van der Waals surface area contributed by atoms with Gasteiger partial charge in [0.2, 0.25) is 0 Å². The molecule has 0 spiro atoms. The van der Waals surface area contributed by atoms with Gasteiger partial charge in [-0.1, -0.05) is 12.1 Å². The number of nitrogens with zero attached hydrogens (tertiary/aromatic N) is 1. The lowest BCUT2D eigenvalue weighted by atomic mass is 10.2. The van der Waals surface area contributed by atoms with E-state index in [0.29, 0.717) is 5.69 Å². The smallest absolute Gasteiger partial charge is 0.388 e. The van der Waals surface area contributed by atoms with Crippen molar-refractivity contribution in [3.8, 4) is 0 Å². The molecule has 21 heavy (non-hydrogen) atoms. The molecule has 1 aromatic heterocycles. The Morgan fingerprint density at radius 2 is 2.05 bits per heavy atom. The molecule has 0 amide bonds. The minimum atomic E-state index is -0.980. The number of rotatable bonds is 4. The zero-order chi connectivity index (χ0) is 15.2. The molecule has 1 atom stereocenters. The van der Waals surface area contributed by atoms with E-state index in [1.54, 1.807) is 12.1 Å². The number of carbonyl (C=O) groups excluding carboxylic acids is 2. The first kappa shape index (κ1) is 14.5. The monoisotopic (exact) mass is 290 g/mol. The summed E-state index contributed by atoms with van der Waals surface area (Å²) in [4.78, 5) is 38.7. The zero-order valence-electron chi connectivity index (χ0n) is 11.0. The molecular formula is C13H14N4O4. The molecule has 2 aromatic rings. The quantitative estimate of drug-likeness (QED) is 0.415. The van der Waals surface area contributed by atoms with Crippen LogP contribution in [0.2, 0.25) is 0 Å². The summed E-state index contributed by atoms with van der Waals surface area (Å²) in [5.74, 6) is -1.73. The van der Waals surface area contributed by atoms with Crippen molar-refractivity contribution in [1.29, 1.82) is 0 Å². The van der Waals surface area contributed by atoms with Crippen LogP contribution in [0.15, 0.2) is 36.8 Å². The molecule has 1 unspecified atom stereocenters. The summed E-state index contributed by atoms with van der Waals surface area (Å²) in [6.07, 6.45) is 3.18. The molecule has 8 heteroatoms. The Kier molecular flexibility index (Phi) is 4.52. The number of H-pyrrole nitrogens is 1. The second kappa shape index (κ2) is 6.53. The van der Waals surface area contributed by atoms with Gasteiger partial charge in [0.05, 0.1) is 11.9 Å². The molecule has 8 nitrogen and oxygen atoms in total. The van der Waals surface area contributed by atoms with Gasteiger partial charge < -0.3 is 16.5 Å². The molecule has 2 rings (SSSR count). The second-order valence-corrected chi connectivity index (χ2v) is 4.25. The van der Waals surface area contributed by atoms with Crippen molar-refractivity contribution in [2.75, 3.05) is 5.73 Å². The highest BCUT2D eigenvalue weighted by atomic mass is 17.2. The fourth-order valence-corrected chi connectivity index (χ4v) is 1.59. The predicted molar refractivity (Wildman–Crippen MR) is 72.6 cm³/mol. The van der Waals surface area contributed by atoms with Gasteiger partial charge in [0.25, 0.3) is 0 Å². The molecule has 0 aliphatic carbocycles. The molecule has 0 fully saturated rings. The maximum Gasteiger partial charge on any atom is 0.388 e. The normalized spacial score (nSPS) is 11.7. The number of para-hydroxylation sites is 1. The summed E-state index contributed by atoms with van der Waals surface area (Å²) in [6.45, 7) is 0. The number of benzene rings is 1. The van der Waals surface area contributed by atoms with Crippen molar-refractivity contribution in [2.24, 2.45) is 5.73 Å². The maximum atomic E-state index is 11.7. The highest BCUT2D eigenvalue weighted by Crippen LogP contribution is 2.12. The van der Waals surface area contributed by atoms with Gasteiger partial charge in [0.1, 0.15) is 6.04 Å². The molecule has 5 N–H and O–H groups in total. The standard InChI is InChI=1S/C13H14N4O4/c14-10-4-2-1-3-9(10)12(18)20-21-13(19)11(15)5-8-6-16-7-17-8/h1-4,6-7,11H,5,14-15H2,(H,16,17). The first-order valence-corrected chi connectivity index (χ1v) is 6.08. The minimum absolute atomic E-state index is 0.104. The summed E-state index contributed by atoms with van der Waals surface area (Å²) >= 11 is 0. The topological polar surface area (TPSA) is 133 Å². The first-order chi connectivity index (χ1) is 10.1. The highest BCUT2D eigenvalue weighted by Gasteiger charge is 2.20. The van der Waals surface area contributed by atoms with Crippen molar-refractivity contribution in [1.82, 2.24) is 9.97 Å². The number of anilines is 1. The number of carbonyl (C=O) groups is 2. The summed E-state index contributed by atoms with van der Waals surface area (Å²) in [6, 6.07) is 5.28. The third kappa shape index (κ3) is 3.80. The van der Waals surface area contributed by atoms with Gasteiger partial charge in [-0.3, -0.25) is 0 Å². The highest BCUT2D eigenvalue weighted by molar-refractivity contribution is 5.95. The fraction of sp³-hybridized carbons (Fsp3) is 0.154. The Hall–Kier alpha value is -2.87. The molecule has 0 saturated carbocycles. The molecule has 1 heterocycles. The van der Waals surface area contributed by atoms with Gasteiger partial charge >= 0.3 is 11.9 Å². The van der Waals surface area contributed by atoms with Gasteiger partial charge in [-0.25, -0.2) is 24.3 Å². The minimum Gasteiger partial charge on any atom is -0.398 e. The lowest BCUT2D eigenvalue weighted by Crippen LogP contribution is -2.35. The Morgan fingerprint density at radius 3 is 2.71 bits per heavy atom. The average molecular weight is 290 g/mol. The molecule has 1 aromatic carbocycles. The van der Waals surface area contributed by atoms with E-state index in [2.05, 4.69) is 19.7 Å². The number of imidazole rings is 1. The van der Waals surface area contributed by atoms with Gasteiger partial charge in [-0.15, -0.1) is 0 Å². The molecule has 0 bridgehead atoms. The van der Waals surface area contributed by atoms with Crippen LogP contribution >= 0.6 is 0 Å². The number of aromatic nitrogens is 2. The van der Waals surface area contributed by atoms with Crippen LogP contribution in [0.5, 0.6) is 0 Å². The van der Waals surface area contributed by atoms with Crippen molar-refractivity contribution < 1.29 is 19.4 Å². The SMILES string of the molecule is Nc1ccccc1C(=O)OOC(=O)C(N)Cc1cnc[nH]1. The van der Waals surface area contributed by atoms with E-state index >= 15 is 0 Å². The Balaban J connectivity index is 1.86. The van der Waals surface area contributed by atoms with Crippen molar-refractivity contribution in [3.63, 3.8) is 0 Å². The van der Waals surface area contributed by atoms with Crippen molar-refractivity contribution in [3.05, 3.63) is 48.0 Å². The molecular weight excluding hydrogens is 276 g/mol. The van der Waals surface area contributed by atoms with Crippen LogP contribution in [-0.4, -0.2) is 27.9 Å². The third-order valence-electron chi connectivity index (χ3n) is 2.68.